The number of hydrogen-bond donors (Lipinski definition) is 2. The molecular weight excluding hydrogens is 337 g/mol. The van der Waals surface area contributed by atoms with Gasteiger partial charge in [-0.3, -0.25) is 4.99 Å². The van der Waals surface area contributed by atoms with Gasteiger partial charge in [0.25, 0.3) is 0 Å². The van der Waals surface area contributed by atoms with Crippen LogP contribution >= 0.6 is 24.0 Å². The maximum Gasteiger partial charge on any atom is 0.188 e. The molecule has 2 rings (SSSR count). The first-order chi connectivity index (χ1) is 8.34. The molecule has 0 heterocycles. The van der Waals surface area contributed by atoms with E-state index in [2.05, 4.69) is 10.3 Å². The number of nitrogens with one attached hydrogen (secondary N) is 1. The van der Waals surface area contributed by atoms with Crippen molar-refractivity contribution in [2.45, 2.75) is 70.3 Å². The van der Waals surface area contributed by atoms with Crippen LogP contribution in [0.2, 0.25) is 0 Å². The molecule has 0 aromatic carbocycles. The van der Waals surface area contributed by atoms with Gasteiger partial charge in [0.15, 0.2) is 5.96 Å². The van der Waals surface area contributed by atoms with Gasteiger partial charge >= 0.3 is 0 Å². The molecule has 0 atom stereocenters. The lowest BCUT2D eigenvalue weighted by molar-refractivity contribution is 0.300. The summed E-state index contributed by atoms with van der Waals surface area (Å²) in [6.07, 6.45) is 13.4. The smallest absolute Gasteiger partial charge is 0.188 e. The molecule has 0 aromatic rings. The average molecular weight is 365 g/mol. The van der Waals surface area contributed by atoms with Gasteiger partial charge in [0, 0.05) is 12.6 Å². The number of aliphatic imine (C=N–C) groups is 1. The molecule has 3 nitrogen and oxygen atoms in total. The third-order valence-electron chi connectivity index (χ3n) is 4.25. The fourth-order valence-corrected chi connectivity index (χ4v) is 2.83. The normalized spacial score (nSPS) is 22.8. The predicted molar refractivity (Wildman–Crippen MR) is 88.5 cm³/mol. The van der Waals surface area contributed by atoms with E-state index in [1.54, 1.807) is 0 Å². The molecule has 0 saturated heterocycles. The number of guanidine groups is 1. The van der Waals surface area contributed by atoms with Crippen molar-refractivity contribution in [2.24, 2.45) is 16.6 Å². The van der Waals surface area contributed by atoms with Crippen molar-refractivity contribution in [3.8, 4) is 0 Å². The zero-order valence-electron chi connectivity index (χ0n) is 11.4. The van der Waals surface area contributed by atoms with Crippen LogP contribution in [0.4, 0.5) is 0 Å². The van der Waals surface area contributed by atoms with Crippen molar-refractivity contribution in [3.05, 3.63) is 0 Å². The summed E-state index contributed by atoms with van der Waals surface area (Å²) in [5.74, 6) is 1.61. The Labute approximate surface area is 128 Å². The minimum atomic E-state index is 0. The van der Waals surface area contributed by atoms with E-state index in [1.807, 2.05) is 0 Å². The molecule has 0 unspecified atom stereocenters. The van der Waals surface area contributed by atoms with Crippen LogP contribution in [0.25, 0.3) is 0 Å². The van der Waals surface area contributed by atoms with Gasteiger partial charge in [0.1, 0.15) is 0 Å². The minimum absolute atomic E-state index is 0. The Morgan fingerprint density at radius 1 is 1.00 bits per heavy atom. The quantitative estimate of drug-likeness (QED) is 0.347. The number of rotatable bonds is 4. The third-order valence-corrected chi connectivity index (χ3v) is 4.25. The van der Waals surface area contributed by atoms with Crippen molar-refractivity contribution in [1.29, 1.82) is 0 Å². The zero-order valence-corrected chi connectivity index (χ0v) is 13.7. The Morgan fingerprint density at radius 2 is 1.67 bits per heavy atom. The lowest BCUT2D eigenvalue weighted by atomic mass is 9.83. The molecular formula is C14H28IN3. The third kappa shape index (κ3) is 5.76. The highest BCUT2D eigenvalue weighted by atomic mass is 127. The van der Waals surface area contributed by atoms with E-state index in [4.69, 9.17) is 5.73 Å². The fraction of sp³-hybridized carbons (Fsp3) is 0.929. The SMILES string of the molecule is I.NC(=NCCC1CCC1)NC1CCCCCC1. The van der Waals surface area contributed by atoms with Crippen molar-refractivity contribution < 1.29 is 0 Å². The van der Waals surface area contributed by atoms with Crippen LogP contribution in [-0.4, -0.2) is 18.5 Å². The van der Waals surface area contributed by atoms with Crippen LogP contribution in [0.5, 0.6) is 0 Å². The van der Waals surface area contributed by atoms with Crippen LogP contribution in [0.1, 0.15) is 64.2 Å². The van der Waals surface area contributed by atoms with Gasteiger partial charge in [0.2, 0.25) is 0 Å². The van der Waals surface area contributed by atoms with Crippen LogP contribution in [0, 0.1) is 5.92 Å². The highest BCUT2D eigenvalue weighted by Crippen LogP contribution is 2.29. The standard InChI is InChI=1S/C14H27N3.HI/c15-14(16-11-10-12-6-5-7-12)17-13-8-3-1-2-4-9-13;/h12-13H,1-11H2,(H3,15,16,17);1H. The molecule has 0 aliphatic heterocycles. The second kappa shape index (κ2) is 8.99. The Morgan fingerprint density at radius 3 is 2.22 bits per heavy atom. The number of nitrogens with two attached hydrogens (primary N) is 1. The van der Waals surface area contributed by atoms with E-state index in [-0.39, 0.29) is 24.0 Å². The molecule has 106 valence electrons. The molecule has 2 aliphatic rings. The van der Waals surface area contributed by atoms with Crippen LogP contribution in [0.15, 0.2) is 4.99 Å². The molecule has 4 heteroatoms. The Bertz CT molecular complexity index is 243. The molecule has 18 heavy (non-hydrogen) atoms. The Hall–Kier alpha value is 0. The summed E-state index contributed by atoms with van der Waals surface area (Å²) in [5, 5.41) is 3.40. The van der Waals surface area contributed by atoms with Crippen LogP contribution in [-0.2, 0) is 0 Å². The lowest BCUT2D eigenvalue weighted by Crippen LogP contribution is -2.40. The van der Waals surface area contributed by atoms with E-state index in [0.717, 1.165) is 12.5 Å². The molecule has 2 fully saturated rings. The average Bonchev–Trinajstić information content (AvgIpc) is 2.50. The van der Waals surface area contributed by atoms with E-state index in [9.17, 15) is 0 Å². The van der Waals surface area contributed by atoms with Gasteiger partial charge in [-0.25, -0.2) is 0 Å². The van der Waals surface area contributed by atoms with Gasteiger partial charge in [-0.15, -0.1) is 24.0 Å². The largest absolute Gasteiger partial charge is 0.370 e. The first-order valence-corrected chi connectivity index (χ1v) is 7.41. The maximum absolute atomic E-state index is 5.94. The summed E-state index contributed by atoms with van der Waals surface area (Å²) in [7, 11) is 0. The van der Waals surface area contributed by atoms with Gasteiger partial charge in [0.05, 0.1) is 0 Å². The molecule has 0 radical (unpaired) electrons. The molecule has 0 bridgehead atoms. The minimum Gasteiger partial charge on any atom is -0.370 e. The van der Waals surface area contributed by atoms with Crippen molar-refractivity contribution >= 4 is 29.9 Å². The molecule has 3 N–H and O–H groups in total. The second-order valence-corrected chi connectivity index (χ2v) is 5.69. The topological polar surface area (TPSA) is 50.4 Å². The monoisotopic (exact) mass is 365 g/mol. The van der Waals surface area contributed by atoms with Gasteiger partial charge < -0.3 is 11.1 Å². The zero-order chi connectivity index (χ0) is 11.9. The summed E-state index contributed by atoms with van der Waals surface area (Å²) in [6, 6.07) is 0.574. The molecule has 2 saturated carbocycles. The number of nitrogens with zero attached hydrogens (tertiary/aromatic N) is 1. The van der Waals surface area contributed by atoms with E-state index < -0.39 is 0 Å². The van der Waals surface area contributed by atoms with E-state index in [0.29, 0.717) is 12.0 Å². The van der Waals surface area contributed by atoms with E-state index in [1.165, 1.54) is 64.2 Å². The molecule has 0 aromatic heterocycles. The molecule has 0 amide bonds. The van der Waals surface area contributed by atoms with Gasteiger partial charge in [-0.1, -0.05) is 44.9 Å². The predicted octanol–water partition coefficient (Wildman–Crippen LogP) is 3.42. The summed E-state index contributed by atoms with van der Waals surface area (Å²) < 4.78 is 0. The van der Waals surface area contributed by atoms with E-state index >= 15 is 0 Å². The maximum atomic E-state index is 5.94. The fourth-order valence-electron chi connectivity index (χ4n) is 2.83. The van der Waals surface area contributed by atoms with Crippen molar-refractivity contribution in [1.82, 2.24) is 5.32 Å². The Balaban J connectivity index is 0.00000162. The first-order valence-electron chi connectivity index (χ1n) is 7.41. The molecule has 0 spiro atoms. The van der Waals surface area contributed by atoms with Gasteiger partial charge in [-0.2, -0.15) is 0 Å². The molecule has 2 aliphatic carbocycles. The van der Waals surface area contributed by atoms with Crippen LogP contribution < -0.4 is 11.1 Å². The second-order valence-electron chi connectivity index (χ2n) is 5.69. The number of hydrogen-bond acceptors (Lipinski definition) is 1. The highest BCUT2D eigenvalue weighted by molar-refractivity contribution is 14.0. The Kier molecular flexibility index (Phi) is 8.02. The summed E-state index contributed by atoms with van der Waals surface area (Å²) in [4.78, 5) is 4.45. The van der Waals surface area contributed by atoms with Crippen LogP contribution in [0.3, 0.4) is 0 Å². The number of halogens is 1. The van der Waals surface area contributed by atoms with Crippen molar-refractivity contribution in [3.63, 3.8) is 0 Å². The highest BCUT2D eigenvalue weighted by Gasteiger charge is 2.16. The summed E-state index contributed by atoms with van der Waals surface area (Å²) in [5.41, 5.74) is 5.94. The first kappa shape index (κ1) is 16.1. The summed E-state index contributed by atoms with van der Waals surface area (Å²) in [6.45, 7) is 0.913. The van der Waals surface area contributed by atoms with Crippen molar-refractivity contribution in [2.75, 3.05) is 6.54 Å². The summed E-state index contributed by atoms with van der Waals surface area (Å²) >= 11 is 0. The van der Waals surface area contributed by atoms with Gasteiger partial charge in [-0.05, 0) is 25.2 Å². The lowest BCUT2D eigenvalue weighted by Gasteiger charge is -2.24.